The van der Waals surface area contributed by atoms with Gasteiger partial charge in [-0.1, -0.05) is 0 Å². The maximum Gasteiger partial charge on any atom is 0.340 e. The number of nitrogens with zero attached hydrogens (tertiary/aromatic N) is 4. The van der Waals surface area contributed by atoms with E-state index in [0.29, 0.717) is 23.5 Å². The van der Waals surface area contributed by atoms with E-state index < -0.39 is 23.5 Å². The first-order chi connectivity index (χ1) is 12.9. The van der Waals surface area contributed by atoms with Gasteiger partial charge in [0.15, 0.2) is 23.1 Å². The summed E-state index contributed by atoms with van der Waals surface area (Å²) in [6.45, 7) is 1.64. The molecule has 0 atom stereocenters. The van der Waals surface area contributed by atoms with Crippen LogP contribution in [0.15, 0.2) is 36.9 Å². The molecule has 0 saturated carbocycles. The van der Waals surface area contributed by atoms with Crippen molar-refractivity contribution in [1.82, 2.24) is 19.7 Å². The molecule has 3 aromatic rings. The summed E-state index contributed by atoms with van der Waals surface area (Å²) < 4.78 is 33.1. The van der Waals surface area contributed by atoms with E-state index in [-0.39, 0.29) is 16.9 Å². The average molecular weight is 373 g/mol. The second-order valence-electron chi connectivity index (χ2n) is 5.46. The molecule has 0 aliphatic heterocycles. The number of aromatic nitrogens is 4. The summed E-state index contributed by atoms with van der Waals surface area (Å²) in [5, 5.41) is 10.1. The zero-order valence-electron chi connectivity index (χ0n) is 14.2. The fourth-order valence-corrected chi connectivity index (χ4v) is 2.33. The number of anilines is 1. The molecule has 0 radical (unpaired) electrons. The number of ether oxygens (including phenoxy) is 1. The lowest BCUT2D eigenvalue weighted by Crippen LogP contribution is -2.19. The first-order valence-corrected chi connectivity index (χ1v) is 7.62. The Morgan fingerprint density at radius 2 is 1.89 bits per heavy atom. The number of aryl methyl sites for hydroxylation is 1. The van der Waals surface area contributed by atoms with Crippen molar-refractivity contribution in [2.24, 2.45) is 0 Å². The van der Waals surface area contributed by atoms with Crippen molar-refractivity contribution in [2.45, 2.75) is 6.92 Å². The molecule has 0 spiro atoms. The molecule has 1 aromatic carbocycles. The minimum Gasteiger partial charge on any atom is -0.465 e. The smallest absolute Gasteiger partial charge is 0.340 e. The topological polar surface area (TPSA) is 99.0 Å². The molecule has 0 unspecified atom stereocenters. The largest absolute Gasteiger partial charge is 0.465 e. The fourth-order valence-electron chi connectivity index (χ4n) is 2.33. The highest BCUT2D eigenvalue weighted by Gasteiger charge is 2.20. The lowest BCUT2D eigenvalue weighted by Gasteiger charge is -2.11. The number of esters is 1. The van der Waals surface area contributed by atoms with Gasteiger partial charge in [0, 0.05) is 18.5 Å². The summed E-state index contributed by atoms with van der Waals surface area (Å²) in [5.74, 6) is -3.69. The van der Waals surface area contributed by atoms with Crippen LogP contribution < -0.4 is 5.32 Å². The number of hydrogen-bond donors (Lipinski definition) is 1. The molecule has 10 heteroatoms. The minimum absolute atomic E-state index is 0.0422. The molecule has 2 aromatic heterocycles. The van der Waals surface area contributed by atoms with Gasteiger partial charge in [-0.25, -0.2) is 18.6 Å². The van der Waals surface area contributed by atoms with Gasteiger partial charge in [-0.15, -0.1) is 10.2 Å². The second kappa shape index (κ2) is 7.28. The van der Waals surface area contributed by atoms with Crippen LogP contribution in [0.25, 0.3) is 5.82 Å². The van der Waals surface area contributed by atoms with Gasteiger partial charge in [-0.3, -0.25) is 9.36 Å². The lowest BCUT2D eigenvalue weighted by molar-refractivity contribution is 0.0601. The molecule has 0 aliphatic carbocycles. The van der Waals surface area contributed by atoms with E-state index in [4.69, 9.17) is 0 Å². The van der Waals surface area contributed by atoms with Crippen LogP contribution >= 0.6 is 0 Å². The molecule has 0 aliphatic rings. The Morgan fingerprint density at radius 1 is 1.15 bits per heavy atom. The molecule has 2 heterocycles. The van der Waals surface area contributed by atoms with Crippen LogP contribution in [-0.2, 0) is 4.74 Å². The lowest BCUT2D eigenvalue weighted by atomic mass is 10.1. The van der Waals surface area contributed by atoms with Crippen LogP contribution in [0.4, 0.5) is 14.5 Å². The number of amides is 1. The van der Waals surface area contributed by atoms with Crippen molar-refractivity contribution in [3.05, 3.63) is 65.4 Å². The quantitative estimate of drug-likeness (QED) is 0.705. The third-order valence-corrected chi connectivity index (χ3v) is 3.67. The van der Waals surface area contributed by atoms with Crippen LogP contribution in [0, 0.1) is 18.6 Å². The molecule has 0 bridgehead atoms. The predicted octanol–water partition coefficient (Wildman–Crippen LogP) is 2.29. The van der Waals surface area contributed by atoms with Crippen molar-refractivity contribution in [2.75, 3.05) is 12.4 Å². The van der Waals surface area contributed by atoms with Crippen LogP contribution in [0.5, 0.6) is 0 Å². The molecule has 8 nitrogen and oxygen atoms in total. The van der Waals surface area contributed by atoms with Gasteiger partial charge in [0.1, 0.15) is 6.33 Å². The van der Waals surface area contributed by atoms with Gasteiger partial charge in [-0.05, 0) is 24.6 Å². The van der Waals surface area contributed by atoms with E-state index in [9.17, 15) is 18.4 Å². The van der Waals surface area contributed by atoms with Crippen LogP contribution in [-0.4, -0.2) is 38.7 Å². The third kappa shape index (κ3) is 3.64. The second-order valence-corrected chi connectivity index (χ2v) is 5.46. The molecule has 0 saturated heterocycles. The highest BCUT2D eigenvalue weighted by atomic mass is 19.2. The number of methoxy groups -OCH3 is 1. The molecule has 0 fully saturated rings. The normalized spacial score (nSPS) is 10.5. The van der Waals surface area contributed by atoms with Gasteiger partial charge in [0.05, 0.1) is 18.4 Å². The molecule has 1 N–H and O–H groups in total. The number of rotatable bonds is 4. The Bertz CT molecular complexity index is 1020. The minimum atomic E-state index is -1.24. The van der Waals surface area contributed by atoms with E-state index in [1.165, 1.54) is 6.33 Å². The number of nitrogens with one attached hydrogen (secondary N) is 1. The zero-order valence-corrected chi connectivity index (χ0v) is 14.2. The van der Waals surface area contributed by atoms with Gasteiger partial charge >= 0.3 is 5.97 Å². The molecule has 3 rings (SSSR count). The number of carbonyl (C=O) groups excluding carboxylic acids is 2. The van der Waals surface area contributed by atoms with Gasteiger partial charge in [0.2, 0.25) is 0 Å². The highest BCUT2D eigenvalue weighted by molar-refractivity contribution is 6.07. The number of benzene rings is 1. The summed E-state index contributed by atoms with van der Waals surface area (Å²) in [6, 6.07) is 2.95. The van der Waals surface area contributed by atoms with Gasteiger partial charge in [-0.2, -0.15) is 0 Å². The van der Waals surface area contributed by atoms with Crippen molar-refractivity contribution in [1.29, 1.82) is 0 Å². The van der Waals surface area contributed by atoms with E-state index in [1.54, 1.807) is 30.0 Å². The van der Waals surface area contributed by atoms with E-state index in [2.05, 4.69) is 25.2 Å². The summed E-state index contributed by atoms with van der Waals surface area (Å²) in [5.41, 5.74) is -0.135. The summed E-state index contributed by atoms with van der Waals surface area (Å²) in [4.78, 5) is 28.1. The molecule has 138 valence electrons. The number of carbonyl (C=O) groups is 2. The molecule has 27 heavy (non-hydrogen) atoms. The van der Waals surface area contributed by atoms with E-state index in [1.807, 2.05) is 0 Å². The standard InChI is InChI=1S/C17H13F2N5O3/c1-9-5-14(24-4-3-20-8-24)22-23-15(9)16(25)21-13-7-12(19)11(18)6-10(13)17(26)27-2/h3-8H,1-2H3,(H,21,25). The van der Waals surface area contributed by atoms with Crippen LogP contribution in [0.2, 0.25) is 0 Å². The van der Waals surface area contributed by atoms with Crippen molar-refractivity contribution < 1.29 is 23.1 Å². The Kier molecular flexibility index (Phi) is 4.88. The van der Waals surface area contributed by atoms with Crippen LogP contribution in [0.3, 0.4) is 0 Å². The Balaban J connectivity index is 1.92. The predicted molar refractivity (Wildman–Crippen MR) is 89.5 cm³/mol. The monoisotopic (exact) mass is 373 g/mol. The zero-order chi connectivity index (χ0) is 19.6. The van der Waals surface area contributed by atoms with Crippen LogP contribution in [0.1, 0.15) is 26.4 Å². The van der Waals surface area contributed by atoms with E-state index >= 15 is 0 Å². The van der Waals surface area contributed by atoms with Crippen molar-refractivity contribution in [3.8, 4) is 5.82 Å². The average Bonchev–Trinajstić information content (AvgIpc) is 3.18. The highest BCUT2D eigenvalue weighted by Crippen LogP contribution is 2.22. The SMILES string of the molecule is COC(=O)c1cc(F)c(F)cc1NC(=O)c1nnc(-n2ccnc2)cc1C. The Labute approximate surface area is 151 Å². The first kappa shape index (κ1) is 18.1. The van der Waals surface area contributed by atoms with Gasteiger partial charge in [0.25, 0.3) is 5.91 Å². The third-order valence-electron chi connectivity index (χ3n) is 3.67. The Hall–Kier alpha value is -3.69. The molecular weight excluding hydrogens is 360 g/mol. The van der Waals surface area contributed by atoms with Crippen molar-refractivity contribution in [3.63, 3.8) is 0 Å². The number of imidazole rings is 1. The Morgan fingerprint density at radius 3 is 2.52 bits per heavy atom. The number of hydrogen-bond acceptors (Lipinski definition) is 6. The molecule has 1 amide bonds. The summed E-state index contributed by atoms with van der Waals surface area (Å²) in [7, 11) is 1.08. The fraction of sp³-hybridized carbons (Fsp3) is 0.118. The summed E-state index contributed by atoms with van der Waals surface area (Å²) >= 11 is 0. The van der Waals surface area contributed by atoms with Gasteiger partial charge < -0.3 is 10.1 Å². The maximum absolute atomic E-state index is 13.6. The summed E-state index contributed by atoms with van der Waals surface area (Å²) in [6.07, 6.45) is 4.75. The maximum atomic E-state index is 13.6. The van der Waals surface area contributed by atoms with E-state index in [0.717, 1.165) is 7.11 Å². The van der Waals surface area contributed by atoms with Crippen molar-refractivity contribution >= 4 is 17.6 Å². The number of halogens is 2. The first-order valence-electron chi connectivity index (χ1n) is 7.62. The molecular formula is C17H13F2N5O3.